The molecule has 1 atom stereocenters. The average Bonchev–Trinajstić information content (AvgIpc) is 2.92. The Balaban J connectivity index is 2.03. The zero-order valence-corrected chi connectivity index (χ0v) is 17.4. The van der Waals surface area contributed by atoms with Crippen molar-refractivity contribution in [1.29, 1.82) is 0 Å². The lowest BCUT2D eigenvalue weighted by Crippen LogP contribution is -2.57. The highest BCUT2D eigenvalue weighted by Crippen LogP contribution is 2.26. The smallest absolute Gasteiger partial charge is 0.272 e. The first-order valence-corrected chi connectivity index (χ1v) is 9.80. The lowest BCUT2D eigenvalue weighted by atomic mass is 9.98. The van der Waals surface area contributed by atoms with Crippen LogP contribution in [0, 0.1) is 0 Å². The molecule has 8 heteroatoms. The van der Waals surface area contributed by atoms with Crippen LogP contribution >= 0.6 is 0 Å². The second-order valence-electron chi connectivity index (χ2n) is 8.01. The Hall–Kier alpha value is -2.71. The summed E-state index contributed by atoms with van der Waals surface area (Å²) in [6.07, 6.45) is 0.950. The van der Waals surface area contributed by atoms with Crippen molar-refractivity contribution in [2.75, 3.05) is 20.6 Å². The number of benzene rings is 1. The minimum Gasteiger partial charge on any atom is -0.388 e. The van der Waals surface area contributed by atoms with Gasteiger partial charge in [-0.15, -0.1) is 0 Å². The van der Waals surface area contributed by atoms with Gasteiger partial charge in [-0.2, -0.15) is 0 Å². The minimum atomic E-state index is -1.43. The highest BCUT2D eigenvalue weighted by Gasteiger charge is 2.36. The van der Waals surface area contributed by atoms with Crippen LogP contribution in [0.1, 0.15) is 36.5 Å². The van der Waals surface area contributed by atoms with Gasteiger partial charge in [0.05, 0.1) is 11.3 Å². The summed E-state index contributed by atoms with van der Waals surface area (Å²) in [5, 5.41) is 15.5. The van der Waals surface area contributed by atoms with Crippen molar-refractivity contribution in [2.24, 2.45) is 0 Å². The van der Waals surface area contributed by atoms with Crippen molar-refractivity contribution in [2.45, 2.75) is 45.0 Å². The Morgan fingerprint density at radius 2 is 1.90 bits per heavy atom. The van der Waals surface area contributed by atoms with Crippen LogP contribution in [0.5, 0.6) is 0 Å². The number of hydrogen-bond acceptors (Lipinski definition) is 5. The van der Waals surface area contributed by atoms with E-state index in [9.17, 15) is 14.7 Å². The molecule has 0 radical (unpaired) electrons. The van der Waals surface area contributed by atoms with E-state index in [1.54, 1.807) is 0 Å². The first kappa shape index (κ1) is 21.0. The number of rotatable bonds is 5. The number of carbonyl (C=O) groups excluding carboxylic acids is 2. The maximum atomic E-state index is 13.2. The number of nitrogens with zero attached hydrogens (tertiary/aromatic N) is 3. The molecule has 8 nitrogen and oxygen atoms in total. The van der Waals surface area contributed by atoms with Crippen LogP contribution in [0.2, 0.25) is 0 Å². The van der Waals surface area contributed by atoms with E-state index in [1.807, 2.05) is 37.4 Å². The molecule has 0 aliphatic carbocycles. The molecule has 0 unspecified atom stereocenters. The van der Waals surface area contributed by atoms with Crippen LogP contribution in [-0.2, 0) is 17.9 Å². The molecular weight excluding hydrogens is 370 g/mol. The maximum Gasteiger partial charge on any atom is 0.272 e. The van der Waals surface area contributed by atoms with E-state index in [0.717, 1.165) is 36.6 Å². The van der Waals surface area contributed by atoms with Crippen molar-refractivity contribution < 1.29 is 14.7 Å². The van der Waals surface area contributed by atoms with Crippen molar-refractivity contribution >= 4 is 11.8 Å². The van der Waals surface area contributed by atoms with E-state index >= 15 is 0 Å². The predicted molar refractivity (Wildman–Crippen MR) is 110 cm³/mol. The number of likely N-dealkylation sites (N-methyl/N-ethyl adjacent to an activating group) is 1. The lowest BCUT2D eigenvalue weighted by molar-refractivity contribution is -0.127. The highest BCUT2D eigenvalue weighted by molar-refractivity contribution is 5.98. The Bertz CT molecular complexity index is 886. The van der Waals surface area contributed by atoms with Crippen LogP contribution in [-0.4, -0.2) is 63.7 Å². The van der Waals surface area contributed by atoms with Crippen LogP contribution in [0.4, 0.5) is 0 Å². The first-order chi connectivity index (χ1) is 13.7. The van der Waals surface area contributed by atoms with E-state index in [2.05, 4.69) is 25.1 Å². The van der Waals surface area contributed by atoms with Gasteiger partial charge in [-0.05, 0) is 33.9 Å². The molecule has 1 aliphatic rings. The summed E-state index contributed by atoms with van der Waals surface area (Å²) in [6, 6.07) is 8.66. The van der Waals surface area contributed by atoms with Crippen LogP contribution in [0.15, 0.2) is 30.3 Å². The van der Waals surface area contributed by atoms with E-state index in [-0.39, 0.29) is 5.69 Å². The summed E-state index contributed by atoms with van der Waals surface area (Å²) in [6.45, 7) is 5.24. The van der Waals surface area contributed by atoms with E-state index in [4.69, 9.17) is 0 Å². The SMILES string of the molecule is CNC(=O)[C@@H](NC(=O)c1nc(-c2ccccc2)n2c1CN(C)CCC2)C(C)(C)O. The van der Waals surface area contributed by atoms with Crippen molar-refractivity contribution in [3.05, 3.63) is 41.7 Å². The fraction of sp³-hybridized carbons (Fsp3) is 0.476. The number of hydrogen-bond donors (Lipinski definition) is 3. The molecule has 3 N–H and O–H groups in total. The number of nitrogens with one attached hydrogen (secondary N) is 2. The second kappa shape index (κ2) is 8.34. The lowest BCUT2D eigenvalue weighted by Gasteiger charge is -2.28. The van der Waals surface area contributed by atoms with Gasteiger partial charge < -0.3 is 25.2 Å². The van der Waals surface area contributed by atoms with Crippen LogP contribution in [0.3, 0.4) is 0 Å². The number of fused-ring (bicyclic) bond motifs is 1. The van der Waals surface area contributed by atoms with Crippen molar-refractivity contribution in [3.8, 4) is 11.4 Å². The number of carbonyl (C=O) groups is 2. The number of aliphatic hydroxyl groups is 1. The Morgan fingerprint density at radius 1 is 1.21 bits per heavy atom. The third-order valence-electron chi connectivity index (χ3n) is 5.15. The van der Waals surface area contributed by atoms with Gasteiger partial charge in [-0.1, -0.05) is 30.3 Å². The number of aromatic nitrogens is 2. The third kappa shape index (κ3) is 4.49. The van der Waals surface area contributed by atoms with Gasteiger partial charge in [0.15, 0.2) is 5.69 Å². The number of imidazole rings is 1. The topological polar surface area (TPSA) is 99.5 Å². The molecule has 1 aromatic heterocycles. The molecule has 0 saturated carbocycles. The molecule has 2 amide bonds. The summed E-state index contributed by atoms with van der Waals surface area (Å²) in [7, 11) is 3.48. The summed E-state index contributed by atoms with van der Waals surface area (Å²) in [4.78, 5) is 32.2. The quantitative estimate of drug-likeness (QED) is 0.697. The van der Waals surface area contributed by atoms with Gasteiger partial charge in [0, 0.05) is 25.7 Å². The molecule has 0 spiro atoms. The fourth-order valence-corrected chi connectivity index (χ4v) is 3.62. The molecule has 0 fully saturated rings. The molecule has 2 heterocycles. The average molecular weight is 399 g/mol. The van der Waals surface area contributed by atoms with Gasteiger partial charge >= 0.3 is 0 Å². The van der Waals surface area contributed by atoms with Crippen molar-refractivity contribution in [1.82, 2.24) is 25.1 Å². The summed E-state index contributed by atoms with van der Waals surface area (Å²) in [5.41, 5.74) is 0.608. The van der Waals surface area contributed by atoms with Crippen molar-refractivity contribution in [3.63, 3.8) is 0 Å². The second-order valence-corrected chi connectivity index (χ2v) is 8.01. The number of amides is 2. The maximum absolute atomic E-state index is 13.2. The molecule has 0 bridgehead atoms. The summed E-state index contributed by atoms with van der Waals surface area (Å²) in [5.74, 6) is -0.195. The highest BCUT2D eigenvalue weighted by atomic mass is 16.3. The van der Waals surface area contributed by atoms with Gasteiger partial charge in [-0.25, -0.2) is 4.98 Å². The molecular formula is C21H29N5O3. The molecule has 1 aromatic carbocycles. The van der Waals surface area contributed by atoms with Crippen LogP contribution in [0.25, 0.3) is 11.4 Å². The van der Waals surface area contributed by atoms with E-state index in [1.165, 1.54) is 20.9 Å². The normalized spacial score (nSPS) is 15.9. The largest absolute Gasteiger partial charge is 0.388 e. The first-order valence-electron chi connectivity index (χ1n) is 9.80. The Labute approximate surface area is 170 Å². The standard InChI is InChI=1S/C21H29N5O3/c1-21(2,29)17(20(28)22-3)24-19(27)16-15-13-25(4)11-8-12-26(15)18(23-16)14-9-6-5-7-10-14/h5-7,9-10,17,29H,8,11-13H2,1-4H3,(H,22,28)(H,24,27)/t17-/m1/s1. The molecule has 29 heavy (non-hydrogen) atoms. The Kier molecular flexibility index (Phi) is 6.04. The van der Waals surface area contributed by atoms with E-state index in [0.29, 0.717) is 6.54 Å². The molecule has 3 rings (SSSR count). The summed E-state index contributed by atoms with van der Waals surface area (Å²) >= 11 is 0. The molecule has 156 valence electrons. The predicted octanol–water partition coefficient (Wildman–Crippen LogP) is 1.00. The molecule has 0 saturated heterocycles. The molecule has 2 aromatic rings. The van der Waals surface area contributed by atoms with Gasteiger partial charge in [0.25, 0.3) is 5.91 Å². The zero-order valence-electron chi connectivity index (χ0n) is 17.4. The monoisotopic (exact) mass is 399 g/mol. The van der Waals surface area contributed by atoms with Crippen LogP contribution < -0.4 is 10.6 Å². The van der Waals surface area contributed by atoms with Gasteiger partial charge in [0.2, 0.25) is 5.91 Å². The van der Waals surface area contributed by atoms with Gasteiger partial charge in [0.1, 0.15) is 11.9 Å². The molecule has 1 aliphatic heterocycles. The zero-order chi connectivity index (χ0) is 21.2. The minimum absolute atomic E-state index is 0.288. The fourth-order valence-electron chi connectivity index (χ4n) is 3.62. The summed E-state index contributed by atoms with van der Waals surface area (Å²) < 4.78 is 2.09. The van der Waals surface area contributed by atoms with Gasteiger partial charge in [-0.3, -0.25) is 9.59 Å². The van der Waals surface area contributed by atoms with E-state index < -0.39 is 23.5 Å². The Morgan fingerprint density at radius 3 is 2.52 bits per heavy atom. The third-order valence-corrected chi connectivity index (χ3v) is 5.15.